The van der Waals surface area contributed by atoms with E-state index in [0.29, 0.717) is 5.92 Å². The van der Waals surface area contributed by atoms with Gasteiger partial charge in [-0.1, -0.05) is 50.2 Å². The third kappa shape index (κ3) is 4.93. The molecule has 3 rings (SSSR count). The van der Waals surface area contributed by atoms with Crippen molar-refractivity contribution in [3.8, 4) is 17.6 Å². The van der Waals surface area contributed by atoms with Crippen molar-refractivity contribution >= 4 is 0 Å². The molecule has 1 saturated carbocycles. The zero-order valence-corrected chi connectivity index (χ0v) is 16.7. The molecule has 3 heteroatoms. The first-order chi connectivity index (χ1) is 13.6. The average molecular weight is 382 g/mol. The van der Waals surface area contributed by atoms with Crippen molar-refractivity contribution in [2.75, 3.05) is 7.11 Å². The Kier molecular flexibility index (Phi) is 7.09. The third-order valence-electron chi connectivity index (χ3n) is 5.80. The maximum atomic E-state index is 14.0. The molecule has 1 fully saturated rings. The first kappa shape index (κ1) is 20.4. The predicted octanol–water partition coefficient (Wildman–Crippen LogP) is 6.84. The number of halogens is 2. The number of benzene rings is 2. The second kappa shape index (κ2) is 9.73. The van der Waals surface area contributed by atoms with E-state index in [2.05, 4.69) is 30.9 Å². The molecule has 0 unspecified atom stereocenters. The van der Waals surface area contributed by atoms with E-state index >= 15 is 0 Å². The highest BCUT2D eigenvalue weighted by atomic mass is 19.2. The van der Waals surface area contributed by atoms with Gasteiger partial charge in [-0.15, -0.1) is 0 Å². The SMILES string of the molecule is CCCC[C@H]1CC[C@H](c2ccc(C#Cc3ccc(OC)c(F)c3F)cc2)CC1. The minimum atomic E-state index is -1.00. The third-order valence-corrected chi connectivity index (χ3v) is 5.80. The van der Waals surface area contributed by atoms with Crippen LogP contribution in [0.3, 0.4) is 0 Å². The maximum absolute atomic E-state index is 14.0. The van der Waals surface area contributed by atoms with Gasteiger partial charge in [-0.2, -0.15) is 4.39 Å². The Labute approximate surface area is 167 Å². The lowest BCUT2D eigenvalue weighted by Gasteiger charge is -2.28. The van der Waals surface area contributed by atoms with Gasteiger partial charge >= 0.3 is 0 Å². The second-order valence-electron chi connectivity index (χ2n) is 7.68. The molecule has 0 atom stereocenters. The van der Waals surface area contributed by atoms with Crippen LogP contribution in [0, 0.1) is 29.4 Å². The molecule has 0 spiro atoms. The van der Waals surface area contributed by atoms with E-state index in [0.717, 1.165) is 11.5 Å². The number of ether oxygens (including phenoxy) is 1. The van der Waals surface area contributed by atoms with Gasteiger partial charge in [0.2, 0.25) is 5.82 Å². The van der Waals surface area contributed by atoms with Crippen molar-refractivity contribution in [1.82, 2.24) is 0 Å². The minimum Gasteiger partial charge on any atom is -0.494 e. The highest BCUT2D eigenvalue weighted by molar-refractivity contribution is 5.46. The molecule has 0 saturated heterocycles. The summed E-state index contributed by atoms with van der Waals surface area (Å²) in [5, 5.41) is 0. The highest BCUT2D eigenvalue weighted by Crippen LogP contribution is 2.37. The Bertz CT molecular complexity index is 837. The zero-order valence-electron chi connectivity index (χ0n) is 16.7. The van der Waals surface area contributed by atoms with E-state index in [4.69, 9.17) is 4.74 Å². The summed E-state index contributed by atoms with van der Waals surface area (Å²) in [6, 6.07) is 11.0. The molecule has 0 aromatic heterocycles. The Morgan fingerprint density at radius 2 is 1.64 bits per heavy atom. The molecule has 2 aromatic carbocycles. The summed E-state index contributed by atoms with van der Waals surface area (Å²) < 4.78 is 32.6. The Hall–Kier alpha value is -2.34. The average Bonchev–Trinajstić information content (AvgIpc) is 2.74. The van der Waals surface area contributed by atoms with Crippen LogP contribution in [0.1, 0.15) is 74.5 Å². The quantitative estimate of drug-likeness (QED) is 0.515. The Morgan fingerprint density at radius 3 is 2.29 bits per heavy atom. The first-order valence-corrected chi connectivity index (χ1v) is 10.3. The molecule has 28 heavy (non-hydrogen) atoms. The monoisotopic (exact) mass is 382 g/mol. The molecule has 1 aliphatic carbocycles. The molecular weight excluding hydrogens is 354 g/mol. The van der Waals surface area contributed by atoms with E-state index in [1.807, 2.05) is 12.1 Å². The Morgan fingerprint density at radius 1 is 0.929 bits per heavy atom. The largest absolute Gasteiger partial charge is 0.494 e. The summed E-state index contributed by atoms with van der Waals surface area (Å²) in [6.45, 7) is 2.26. The summed E-state index contributed by atoms with van der Waals surface area (Å²) in [4.78, 5) is 0. The van der Waals surface area contributed by atoms with Crippen LogP contribution >= 0.6 is 0 Å². The molecule has 0 aliphatic heterocycles. The molecule has 0 bridgehead atoms. The van der Waals surface area contributed by atoms with Gasteiger partial charge in [0.25, 0.3) is 0 Å². The number of methoxy groups -OCH3 is 1. The van der Waals surface area contributed by atoms with Gasteiger partial charge in [-0.3, -0.25) is 0 Å². The van der Waals surface area contributed by atoms with Crippen LogP contribution < -0.4 is 4.74 Å². The topological polar surface area (TPSA) is 9.23 Å². The summed E-state index contributed by atoms with van der Waals surface area (Å²) >= 11 is 0. The standard InChI is InChI=1S/C25H28F2O/c1-3-4-5-18-6-11-20(12-7-18)21-13-8-19(9-14-21)10-15-22-16-17-23(28-2)25(27)24(22)26/h8-9,13-14,16-18,20H,3-7,11-12H2,1-2H3/t18-,20-. The lowest BCUT2D eigenvalue weighted by Crippen LogP contribution is -2.13. The highest BCUT2D eigenvalue weighted by Gasteiger charge is 2.21. The fourth-order valence-electron chi connectivity index (χ4n) is 4.04. The van der Waals surface area contributed by atoms with Gasteiger partial charge in [0.1, 0.15) is 0 Å². The molecule has 0 N–H and O–H groups in total. The lowest BCUT2D eigenvalue weighted by atomic mass is 9.77. The van der Waals surface area contributed by atoms with Gasteiger partial charge in [-0.25, -0.2) is 4.39 Å². The number of rotatable bonds is 5. The molecule has 1 nitrogen and oxygen atoms in total. The van der Waals surface area contributed by atoms with Crippen molar-refractivity contribution < 1.29 is 13.5 Å². The van der Waals surface area contributed by atoms with Crippen LogP contribution in [-0.4, -0.2) is 7.11 Å². The predicted molar refractivity (Wildman–Crippen MR) is 110 cm³/mol. The fourth-order valence-corrected chi connectivity index (χ4v) is 4.04. The van der Waals surface area contributed by atoms with Crippen LogP contribution in [0.15, 0.2) is 36.4 Å². The van der Waals surface area contributed by atoms with E-state index in [-0.39, 0.29) is 11.3 Å². The molecule has 0 heterocycles. The van der Waals surface area contributed by atoms with Crippen LogP contribution in [0.5, 0.6) is 5.75 Å². The van der Waals surface area contributed by atoms with Gasteiger partial charge in [0.15, 0.2) is 11.6 Å². The van der Waals surface area contributed by atoms with Crippen molar-refractivity contribution in [1.29, 1.82) is 0 Å². The van der Waals surface area contributed by atoms with Gasteiger partial charge in [0, 0.05) is 5.56 Å². The molecule has 0 radical (unpaired) electrons. The number of hydrogen-bond acceptors (Lipinski definition) is 1. The molecule has 148 valence electrons. The lowest BCUT2D eigenvalue weighted by molar-refractivity contribution is 0.304. The summed E-state index contributed by atoms with van der Waals surface area (Å²) in [7, 11) is 1.31. The van der Waals surface area contributed by atoms with E-state index in [9.17, 15) is 8.78 Å². The summed E-state index contributed by atoms with van der Waals surface area (Å²) in [6.07, 6.45) is 9.19. The molecular formula is C25H28F2O. The van der Waals surface area contributed by atoms with Crippen LogP contribution in [-0.2, 0) is 0 Å². The molecule has 2 aromatic rings. The van der Waals surface area contributed by atoms with Gasteiger partial charge in [-0.05, 0) is 67.3 Å². The van der Waals surface area contributed by atoms with Crippen LogP contribution in [0.4, 0.5) is 8.78 Å². The maximum Gasteiger partial charge on any atom is 0.201 e. The zero-order chi connectivity index (χ0) is 19.9. The summed E-state index contributed by atoms with van der Waals surface area (Å²) in [5.41, 5.74) is 2.20. The van der Waals surface area contributed by atoms with Crippen LogP contribution in [0.2, 0.25) is 0 Å². The van der Waals surface area contributed by atoms with Gasteiger partial charge in [0.05, 0.1) is 12.7 Å². The van der Waals surface area contributed by atoms with E-state index in [1.54, 1.807) is 0 Å². The van der Waals surface area contributed by atoms with Crippen molar-refractivity contribution in [3.63, 3.8) is 0 Å². The molecule has 0 amide bonds. The van der Waals surface area contributed by atoms with E-state index in [1.165, 1.54) is 69.8 Å². The van der Waals surface area contributed by atoms with Crippen molar-refractivity contribution in [2.45, 2.75) is 57.8 Å². The summed E-state index contributed by atoms with van der Waals surface area (Å²) in [5.74, 6) is 5.11. The molecule has 1 aliphatic rings. The Balaban J connectivity index is 1.63. The second-order valence-corrected chi connectivity index (χ2v) is 7.68. The number of unbranched alkanes of at least 4 members (excludes halogenated alkanes) is 1. The minimum absolute atomic E-state index is 0.0350. The first-order valence-electron chi connectivity index (χ1n) is 10.3. The fraction of sp³-hybridized carbons (Fsp3) is 0.440. The van der Waals surface area contributed by atoms with Gasteiger partial charge < -0.3 is 4.74 Å². The smallest absolute Gasteiger partial charge is 0.201 e. The van der Waals surface area contributed by atoms with E-state index < -0.39 is 11.6 Å². The number of hydrogen-bond donors (Lipinski definition) is 0. The van der Waals surface area contributed by atoms with Crippen molar-refractivity contribution in [2.24, 2.45) is 5.92 Å². The van der Waals surface area contributed by atoms with Crippen molar-refractivity contribution in [3.05, 3.63) is 64.7 Å². The van der Waals surface area contributed by atoms with Crippen LogP contribution in [0.25, 0.3) is 0 Å². The normalized spacial score (nSPS) is 19.0.